The van der Waals surface area contributed by atoms with Gasteiger partial charge in [-0.15, -0.1) is 6.42 Å². The first-order chi connectivity index (χ1) is 9.51. The highest BCUT2D eigenvalue weighted by atomic mass is 16.4. The predicted molar refractivity (Wildman–Crippen MR) is 71.1 cm³/mol. The molecule has 0 saturated heterocycles. The number of benzene rings is 1. The van der Waals surface area contributed by atoms with E-state index >= 15 is 0 Å². The van der Waals surface area contributed by atoms with Crippen molar-refractivity contribution in [1.82, 2.24) is 4.90 Å². The molecule has 2 N–H and O–H groups in total. The van der Waals surface area contributed by atoms with Gasteiger partial charge in [0.25, 0.3) is 5.91 Å². The number of carboxylic acid groups (broad SMARTS) is 1. The normalized spacial score (nSPS) is 12.2. The summed E-state index contributed by atoms with van der Waals surface area (Å²) in [6, 6.07) is 4.75. The molecule has 102 valence electrons. The standard InChI is InChI=1S/C14H12N2O4/c1-2-5-16(8-13(18)19)14(20)9-3-4-11-10(6-9)7-12(17)15-11/h1,3-4,6H,5,7-8H2,(H,15,17)(H,18,19). The third-order valence-corrected chi connectivity index (χ3v) is 2.87. The van der Waals surface area contributed by atoms with Crippen LogP contribution in [0.15, 0.2) is 18.2 Å². The summed E-state index contributed by atoms with van der Waals surface area (Å²) in [6.07, 6.45) is 5.35. The third-order valence-electron chi connectivity index (χ3n) is 2.87. The van der Waals surface area contributed by atoms with Gasteiger partial charge >= 0.3 is 5.97 Å². The zero-order chi connectivity index (χ0) is 14.7. The average Bonchev–Trinajstić information content (AvgIpc) is 2.75. The number of aliphatic carboxylic acids is 1. The molecule has 2 amide bonds. The fourth-order valence-electron chi connectivity index (χ4n) is 2.02. The van der Waals surface area contributed by atoms with Crippen molar-refractivity contribution in [3.8, 4) is 12.3 Å². The number of amides is 2. The number of carbonyl (C=O) groups is 3. The topological polar surface area (TPSA) is 86.7 Å². The summed E-state index contributed by atoms with van der Waals surface area (Å²) in [7, 11) is 0. The highest BCUT2D eigenvalue weighted by Gasteiger charge is 2.22. The van der Waals surface area contributed by atoms with Crippen molar-refractivity contribution < 1.29 is 19.5 Å². The Kier molecular flexibility index (Phi) is 3.71. The second-order valence-electron chi connectivity index (χ2n) is 4.36. The minimum Gasteiger partial charge on any atom is -0.480 e. The predicted octanol–water partition coefficient (Wildman–Crippen LogP) is 0.341. The van der Waals surface area contributed by atoms with Crippen LogP contribution in [0.1, 0.15) is 15.9 Å². The van der Waals surface area contributed by atoms with Crippen LogP contribution in [0.2, 0.25) is 0 Å². The number of nitrogens with zero attached hydrogens (tertiary/aromatic N) is 1. The van der Waals surface area contributed by atoms with Gasteiger partial charge in [0.15, 0.2) is 0 Å². The number of carbonyl (C=O) groups excluding carboxylic acids is 2. The van der Waals surface area contributed by atoms with Crippen LogP contribution < -0.4 is 5.32 Å². The molecule has 1 aliphatic rings. The van der Waals surface area contributed by atoms with Gasteiger partial charge in [-0.05, 0) is 23.8 Å². The van der Waals surface area contributed by atoms with E-state index in [2.05, 4.69) is 11.2 Å². The summed E-state index contributed by atoms with van der Waals surface area (Å²) in [5, 5.41) is 11.4. The molecule has 1 aromatic carbocycles. The number of hydrogen-bond donors (Lipinski definition) is 2. The third kappa shape index (κ3) is 2.78. The Morgan fingerprint density at radius 2 is 2.20 bits per heavy atom. The molecule has 0 bridgehead atoms. The Balaban J connectivity index is 2.24. The molecule has 0 atom stereocenters. The molecule has 20 heavy (non-hydrogen) atoms. The number of terminal acetylenes is 1. The molecule has 0 aromatic heterocycles. The number of rotatable bonds is 4. The van der Waals surface area contributed by atoms with Gasteiger partial charge < -0.3 is 15.3 Å². The Hall–Kier alpha value is -2.81. The first-order valence-electron chi connectivity index (χ1n) is 5.88. The lowest BCUT2D eigenvalue weighted by Gasteiger charge is -2.18. The second-order valence-corrected chi connectivity index (χ2v) is 4.36. The molecule has 1 heterocycles. The molecule has 6 heteroatoms. The van der Waals surface area contributed by atoms with Gasteiger partial charge in [-0.3, -0.25) is 14.4 Å². The summed E-state index contributed by atoms with van der Waals surface area (Å²) in [4.78, 5) is 35.3. The van der Waals surface area contributed by atoms with E-state index in [-0.39, 0.29) is 18.9 Å². The Bertz CT molecular complexity index is 631. The summed E-state index contributed by atoms with van der Waals surface area (Å²) in [6.45, 7) is -0.545. The molecule has 0 saturated carbocycles. The van der Waals surface area contributed by atoms with Crippen molar-refractivity contribution in [2.24, 2.45) is 0 Å². The van der Waals surface area contributed by atoms with Crippen molar-refractivity contribution >= 4 is 23.5 Å². The van der Waals surface area contributed by atoms with Gasteiger partial charge in [0, 0.05) is 11.3 Å². The Morgan fingerprint density at radius 3 is 2.85 bits per heavy atom. The number of nitrogens with one attached hydrogen (secondary N) is 1. The number of anilines is 1. The SMILES string of the molecule is C#CCN(CC(=O)O)C(=O)c1ccc2c(c1)CC(=O)N2. The lowest BCUT2D eigenvalue weighted by atomic mass is 10.1. The fourth-order valence-corrected chi connectivity index (χ4v) is 2.02. The van der Waals surface area contributed by atoms with E-state index < -0.39 is 18.4 Å². The number of hydrogen-bond acceptors (Lipinski definition) is 3. The van der Waals surface area contributed by atoms with Crippen molar-refractivity contribution in [2.45, 2.75) is 6.42 Å². The first-order valence-corrected chi connectivity index (χ1v) is 5.88. The number of fused-ring (bicyclic) bond motifs is 1. The minimum atomic E-state index is -1.13. The summed E-state index contributed by atoms with van der Waals surface area (Å²) >= 11 is 0. The van der Waals surface area contributed by atoms with Gasteiger partial charge in [0.2, 0.25) is 5.91 Å². The molecule has 2 rings (SSSR count). The largest absolute Gasteiger partial charge is 0.480 e. The zero-order valence-electron chi connectivity index (χ0n) is 10.5. The lowest BCUT2D eigenvalue weighted by molar-refractivity contribution is -0.137. The highest BCUT2D eigenvalue weighted by Crippen LogP contribution is 2.24. The molecule has 1 aliphatic heterocycles. The minimum absolute atomic E-state index is 0.0839. The van der Waals surface area contributed by atoms with Crippen molar-refractivity contribution in [1.29, 1.82) is 0 Å². The molecule has 1 aromatic rings. The average molecular weight is 272 g/mol. The zero-order valence-corrected chi connectivity index (χ0v) is 10.5. The van der Waals surface area contributed by atoms with E-state index in [1.54, 1.807) is 12.1 Å². The van der Waals surface area contributed by atoms with Gasteiger partial charge in [0.05, 0.1) is 13.0 Å². The van der Waals surface area contributed by atoms with Crippen LogP contribution in [0, 0.1) is 12.3 Å². The smallest absolute Gasteiger partial charge is 0.323 e. The molecule has 0 fully saturated rings. The van der Waals surface area contributed by atoms with Crippen LogP contribution in [0.5, 0.6) is 0 Å². The first kappa shape index (κ1) is 13.6. The van der Waals surface area contributed by atoms with Gasteiger partial charge in [-0.2, -0.15) is 0 Å². The summed E-state index contributed by atoms with van der Waals surface area (Å²) in [5.41, 5.74) is 1.71. The van der Waals surface area contributed by atoms with Crippen LogP contribution in [0.4, 0.5) is 5.69 Å². The van der Waals surface area contributed by atoms with Crippen molar-refractivity contribution in [2.75, 3.05) is 18.4 Å². The monoisotopic (exact) mass is 272 g/mol. The molecule has 0 radical (unpaired) electrons. The molecular weight excluding hydrogens is 260 g/mol. The van der Waals surface area contributed by atoms with Crippen molar-refractivity contribution in [3.63, 3.8) is 0 Å². The number of carboxylic acids is 1. The maximum atomic E-state index is 12.2. The Labute approximate surface area is 115 Å². The van der Waals surface area contributed by atoms with Crippen LogP contribution in [0.25, 0.3) is 0 Å². The van der Waals surface area contributed by atoms with Crippen LogP contribution >= 0.6 is 0 Å². The molecular formula is C14H12N2O4. The molecule has 0 spiro atoms. The van der Waals surface area contributed by atoms with E-state index in [9.17, 15) is 14.4 Å². The van der Waals surface area contributed by atoms with E-state index in [4.69, 9.17) is 11.5 Å². The van der Waals surface area contributed by atoms with Crippen LogP contribution in [0.3, 0.4) is 0 Å². The fraction of sp³-hybridized carbons (Fsp3) is 0.214. The Morgan fingerprint density at radius 1 is 1.45 bits per heavy atom. The quantitative estimate of drug-likeness (QED) is 0.774. The summed E-state index contributed by atoms with van der Waals surface area (Å²) in [5.74, 6) is 0.531. The van der Waals surface area contributed by atoms with Crippen molar-refractivity contribution in [3.05, 3.63) is 29.3 Å². The maximum absolute atomic E-state index is 12.2. The molecule has 6 nitrogen and oxygen atoms in total. The van der Waals surface area contributed by atoms with Gasteiger partial charge in [0.1, 0.15) is 6.54 Å². The van der Waals surface area contributed by atoms with E-state index in [0.29, 0.717) is 11.3 Å². The van der Waals surface area contributed by atoms with Crippen LogP contribution in [-0.2, 0) is 16.0 Å². The van der Waals surface area contributed by atoms with E-state index in [1.165, 1.54) is 6.07 Å². The van der Waals surface area contributed by atoms with Crippen LogP contribution in [-0.4, -0.2) is 40.9 Å². The second kappa shape index (κ2) is 5.45. The molecule has 0 unspecified atom stereocenters. The lowest BCUT2D eigenvalue weighted by Crippen LogP contribution is -2.36. The summed E-state index contributed by atoms with van der Waals surface area (Å²) < 4.78 is 0. The maximum Gasteiger partial charge on any atom is 0.323 e. The highest BCUT2D eigenvalue weighted by molar-refractivity contribution is 6.02. The van der Waals surface area contributed by atoms with Gasteiger partial charge in [-0.1, -0.05) is 5.92 Å². The van der Waals surface area contributed by atoms with E-state index in [0.717, 1.165) is 10.5 Å². The van der Waals surface area contributed by atoms with Gasteiger partial charge in [-0.25, -0.2) is 0 Å². The van der Waals surface area contributed by atoms with E-state index in [1.807, 2.05) is 0 Å². The molecule has 0 aliphatic carbocycles.